The van der Waals surface area contributed by atoms with Crippen molar-refractivity contribution >= 4 is 40.6 Å². The molecule has 2 aromatic rings. The number of thioether (sulfide) groups is 1. The first-order valence-electron chi connectivity index (χ1n) is 10.4. The fourth-order valence-corrected chi connectivity index (χ4v) is 3.58. The number of methoxy groups -OCH3 is 1. The van der Waals surface area contributed by atoms with Crippen molar-refractivity contribution in [3.8, 4) is 17.2 Å². The Bertz CT molecular complexity index is 1070. The Morgan fingerprint density at radius 1 is 1.09 bits per heavy atom. The molecule has 0 aliphatic carbocycles. The zero-order valence-corrected chi connectivity index (χ0v) is 19.5. The fraction of sp³-hybridized carbons (Fsp3) is 0.292. The number of hydrogen-bond acceptors (Lipinski definition) is 7. The van der Waals surface area contributed by atoms with Gasteiger partial charge in [-0.3, -0.25) is 19.7 Å². The average molecular weight is 471 g/mol. The molecule has 3 amide bonds. The molecule has 0 saturated carbocycles. The van der Waals surface area contributed by atoms with Crippen molar-refractivity contribution in [1.29, 1.82) is 0 Å². The van der Waals surface area contributed by atoms with Crippen molar-refractivity contribution in [2.24, 2.45) is 5.92 Å². The van der Waals surface area contributed by atoms with Crippen LogP contribution in [0.2, 0.25) is 0 Å². The lowest BCUT2D eigenvalue weighted by Gasteiger charge is -2.14. The molecule has 0 atom stereocenters. The molecular weight excluding hydrogens is 444 g/mol. The highest BCUT2D eigenvalue weighted by molar-refractivity contribution is 8.18. The minimum absolute atomic E-state index is 0.232. The van der Waals surface area contributed by atoms with Crippen LogP contribution in [0.1, 0.15) is 25.8 Å². The molecule has 0 unspecified atom stereocenters. The first-order valence-corrected chi connectivity index (χ1v) is 11.2. The normalized spacial score (nSPS) is 14.4. The molecule has 174 valence electrons. The molecule has 0 aromatic heterocycles. The van der Waals surface area contributed by atoms with Crippen LogP contribution in [0, 0.1) is 5.92 Å². The maximum atomic E-state index is 12.5. The summed E-state index contributed by atoms with van der Waals surface area (Å²) in [6.07, 6.45) is 2.50. The highest BCUT2D eigenvalue weighted by atomic mass is 32.2. The van der Waals surface area contributed by atoms with E-state index in [0.717, 1.165) is 18.2 Å². The van der Waals surface area contributed by atoms with Gasteiger partial charge in [-0.1, -0.05) is 32.0 Å². The summed E-state index contributed by atoms with van der Waals surface area (Å²) in [5.41, 5.74) is 1.23. The Labute approximate surface area is 196 Å². The minimum atomic E-state index is -0.436. The Hall–Kier alpha value is -3.46. The van der Waals surface area contributed by atoms with Gasteiger partial charge in [-0.2, -0.15) is 0 Å². The van der Waals surface area contributed by atoms with Gasteiger partial charge in [0.2, 0.25) is 0 Å². The van der Waals surface area contributed by atoms with Crippen molar-refractivity contribution in [2.75, 3.05) is 25.6 Å². The van der Waals surface area contributed by atoms with Gasteiger partial charge in [0.15, 0.2) is 18.1 Å². The number of benzene rings is 2. The van der Waals surface area contributed by atoms with Crippen LogP contribution in [-0.4, -0.2) is 37.4 Å². The smallest absolute Gasteiger partial charge is 0.290 e. The quantitative estimate of drug-likeness (QED) is 0.494. The SMILES string of the molecule is COc1cc(/C=C2/SC(=O)NC2=O)ccc1OCC(=O)Nc1ccccc1OCCC(C)C. The number of nitrogens with one attached hydrogen (secondary N) is 2. The summed E-state index contributed by atoms with van der Waals surface area (Å²) >= 11 is 0.835. The monoisotopic (exact) mass is 470 g/mol. The second-order valence-corrected chi connectivity index (χ2v) is 8.64. The van der Waals surface area contributed by atoms with Crippen LogP contribution < -0.4 is 24.8 Å². The molecule has 8 nitrogen and oxygen atoms in total. The topological polar surface area (TPSA) is 103 Å². The minimum Gasteiger partial charge on any atom is -0.493 e. The van der Waals surface area contributed by atoms with Gasteiger partial charge in [-0.15, -0.1) is 0 Å². The number of hydrogen-bond donors (Lipinski definition) is 2. The summed E-state index contributed by atoms with van der Waals surface area (Å²) in [7, 11) is 1.48. The Balaban J connectivity index is 1.61. The molecule has 9 heteroatoms. The number of rotatable bonds is 10. The van der Waals surface area contributed by atoms with Gasteiger partial charge in [0.25, 0.3) is 17.1 Å². The van der Waals surface area contributed by atoms with Crippen LogP contribution >= 0.6 is 11.8 Å². The van der Waals surface area contributed by atoms with E-state index < -0.39 is 11.1 Å². The average Bonchev–Trinajstić information content (AvgIpc) is 3.10. The summed E-state index contributed by atoms with van der Waals surface area (Å²) in [6, 6.07) is 12.3. The van der Waals surface area contributed by atoms with E-state index in [2.05, 4.69) is 24.5 Å². The largest absolute Gasteiger partial charge is 0.493 e. The van der Waals surface area contributed by atoms with E-state index in [0.29, 0.717) is 45.9 Å². The number of anilines is 1. The van der Waals surface area contributed by atoms with Crippen LogP contribution in [0.3, 0.4) is 0 Å². The third-order valence-electron chi connectivity index (χ3n) is 4.60. The van der Waals surface area contributed by atoms with Crippen LogP contribution in [0.15, 0.2) is 47.4 Å². The third-order valence-corrected chi connectivity index (χ3v) is 5.41. The molecule has 0 spiro atoms. The zero-order chi connectivity index (χ0) is 23.8. The number of imide groups is 1. The lowest BCUT2D eigenvalue weighted by molar-refractivity contribution is -0.118. The molecule has 1 aliphatic heterocycles. The van der Waals surface area contributed by atoms with E-state index in [9.17, 15) is 14.4 Å². The third kappa shape index (κ3) is 7.01. The number of ether oxygens (including phenoxy) is 3. The second kappa shape index (κ2) is 11.4. The van der Waals surface area contributed by atoms with Crippen LogP contribution in [0.25, 0.3) is 6.08 Å². The van der Waals surface area contributed by atoms with E-state index >= 15 is 0 Å². The molecule has 2 N–H and O–H groups in total. The first-order chi connectivity index (χ1) is 15.9. The molecular formula is C24H26N2O6S. The van der Waals surface area contributed by atoms with Gasteiger partial charge in [0, 0.05) is 0 Å². The molecule has 1 heterocycles. The molecule has 0 bridgehead atoms. The fourth-order valence-electron chi connectivity index (χ4n) is 2.90. The lowest BCUT2D eigenvalue weighted by Crippen LogP contribution is -2.21. The summed E-state index contributed by atoms with van der Waals surface area (Å²) in [5, 5.41) is 4.61. The summed E-state index contributed by atoms with van der Waals surface area (Å²) in [4.78, 5) is 35.8. The molecule has 1 fully saturated rings. The van der Waals surface area contributed by atoms with Crippen molar-refractivity contribution in [2.45, 2.75) is 20.3 Å². The van der Waals surface area contributed by atoms with Crippen molar-refractivity contribution in [1.82, 2.24) is 5.32 Å². The summed E-state index contributed by atoms with van der Waals surface area (Å²) in [6.45, 7) is 4.58. The van der Waals surface area contributed by atoms with Crippen molar-refractivity contribution in [3.63, 3.8) is 0 Å². The Kier molecular flexibility index (Phi) is 8.37. The number of amides is 3. The standard InChI is InChI=1S/C24H26N2O6S/c1-15(2)10-11-31-18-7-5-4-6-17(18)25-22(27)14-32-19-9-8-16(12-20(19)30-3)13-21-23(28)26-24(29)33-21/h4-9,12-13,15H,10-11,14H2,1-3H3,(H,25,27)(H,26,28,29)/b21-13+. The van der Waals surface area contributed by atoms with E-state index in [1.54, 1.807) is 30.3 Å². The molecule has 33 heavy (non-hydrogen) atoms. The number of carbonyl (C=O) groups is 3. The predicted molar refractivity (Wildman–Crippen MR) is 128 cm³/mol. The summed E-state index contributed by atoms with van der Waals surface area (Å²) in [5.74, 6) is 1.11. The number of para-hydroxylation sites is 2. The van der Waals surface area contributed by atoms with Crippen LogP contribution in [-0.2, 0) is 9.59 Å². The van der Waals surface area contributed by atoms with Gasteiger partial charge in [-0.05, 0) is 60.0 Å². The highest BCUT2D eigenvalue weighted by Gasteiger charge is 2.25. The van der Waals surface area contributed by atoms with E-state index in [1.165, 1.54) is 7.11 Å². The summed E-state index contributed by atoms with van der Waals surface area (Å²) < 4.78 is 16.8. The van der Waals surface area contributed by atoms with Gasteiger partial charge >= 0.3 is 0 Å². The first kappa shape index (κ1) is 24.2. The predicted octanol–water partition coefficient (Wildman–Crippen LogP) is 4.46. The van der Waals surface area contributed by atoms with Gasteiger partial charge in [0.05, 0.1) is 24.3 Å². The van der Waals surface area contributed by atoms with Crippen LogP contribution in [0.4, 0.5) is 10.5 Å². The molecule has 3 rings (SSSR count). The zero-order valence-electron chi connectivity index (χ0n) is 18.7. The second-order valence-electron chi connectivity index (χ2n) is 7.63. The maximum absolute atomic E-state index is 12.5. The van der Waals surface area contributed by atoms with E-state index in [4.69, 9.17) is 14.2 Å². The molecule has 2 aromatic carbocycles. The van der Waals surface area contributed by atoms with Gasteiger partial charge < -0.3 is 19.5 Å². The Morgan fingerprint density at radius 3 is 2.58 bits per heavy atom. The molecule has 0 radical (unpaired) electrons. The maximum Gasteiger partial charge on any atom is 0.290 e. The van der Waals surface area contributed by atoms with Crippen molar-refractivity contribution < 1.29 is 28.6 Å². The molecule has 1 aliphatic rings. The van der Waals surface area contributed by atoms with E-state index in [1.807, 2.05) is 18.2 Å². The number of carbonyl (C=O) groups excluding carboxylic acids is 3. The van der Waals surface area contributed by atoms with Gasteiger partial charge in [-0.25, -0.2) is 0 Å². The highest BCUT2D eigenvalue weighted by Crippen LogP contribution is 2.31. The Morgan fingerprint density at radius 2 is 1.88 bits per heavy atom. The lowest BCUT2D eigenvalue weighted by atomic mass is 10.1. The van der Waals surface area contributed by atoms with Gasteiger partial charge in [0.1, 0.15) is 5.75 Å². The van der Waals surface area contributed by atoms with E-state index in [-0.39, 0.29) is 12.5 Å². The molecule has 1 saturated heterocycles. The van der Waals surface area contributed by atoms with Crippen molar-refractivity contribution in [3.05, 3.63) is 52.9 Å². The van der Waals surface area contributed by atoms with Crippen LogP contribution in [0.5, 0.6) is 17.2 Å².